The van der Waals surface area contributed by atoms with Crippen LogP contribution < -0.4 is 20.1 Å². The van der Waals surface area contributed by atoms with E-state index in [-0.39, 0.29) is 24.1 Å². The standard InChI is InChI=1S/C25H29N5O4S/c1-6-11-30-22(14-26-24(32)18-8-10-20(33-4)21(13-18)34-5)28-29-25(30)35-15-23(31)27-19-9-7-16(2)17(3)12-19/h6-10,12-13H,1,11,14-15H2,2-5H3,(H,26,32)(H,27,31). The van der Waals surface area contributed by atoms with Crippen LogP contribution in [0.1, 0.15) is 27.3 Å². The van der Waals surface area contributed by atoms with Gasteiger partial charge in [0.2, 0.25) is 5.91 Å². The fourth-order valence-electron chi connectivity index (χ4n) is 3.25. The number of methoxy groups -OCH3 is 2. The van der Waals surface area contributed by atoms with Gasteiger partial charge in [0, 0.05) is 17.8 Å². The largest absolute Gasteiger partial charge is 0.493 e. The summed E-state index contributed by atoms with van der Waals surface area (Å²) in [6.07, 6.45) is 1.71. The molecule has 0 unspecified atom stereocenters. The smallest absolute Gasteiger partial charge is 0.251 e. The number of nitrogens with one attached hydrogen (secondary N) is 2. The van der Waals surface area contributed by atoms with Gasteiger partial charge in [-0.1, -0.05) is 23.9 Å². The molecular weight excluding hydrogens is 466 g/mol. The summed E-state index contributed by atoms with van der Waals surface area (Å²) < 4.78 is 12.3. The summed E-state index contributed by atoms with van der Waals surface area (Å²) in [5.74, 6) is 1.29. The molecule has 2 amide bonds. The van der Waals surface area contributed by atoms with Gasteiger partial charge in [0.1, 0.15) is 0 Å². The Morgan fingerprint density at radius 1 is 1.06 bits per heavy atom. The van der Waals surface area contributed by atoms with Gasteiger partial charge in [-0.25, -0.2) is 0 Å². The molecule has 0 fully saturated rings. The highest BCUT2D eigenvalue weighted by Gasteiger charge is 2.16. The van der Waals surface area contributed by atoms with Gasteiger partial charge in [-0.15, -0.1) is 16.8 Å². The molecule has 2 N–H and O–H groups in total. The normalized spacial score (nSPS) is 10.5. The molecule has 0 aliphatic carbocycles. The van der Waals surface area contributed by atoms with E-state index in [4.69, 9.17) is 9.47 Å². The molecule has 0 aliphatic rings. The Kier molecular flexibility index (Phi) is 8.91. The van der Waals surface area contributed by atoms with E-state index >= 15 is 0 Å². The Bertz CT molecular complexity index is 1220. The van der Waals surface area contributed by atoms with Crippen molar-refractivity contribution in [3.8, 4) is 11.5 Å². The molecule has 35 heavy (non-hydrogen) atoms. The molecule has 0 bridgehead atoms. The quantitative estimate of drug-likeness (QED) is 0.308. The van der Waals surface area contributed by atoms with E-state index in [1.807, 2.05) is 36.6 Å². The third-order valence-electron chi connectivity index (χ3n) is 5.28. The molecule has 0 spiro atoms. The second-order valence-corrected chi connectivity index (χ2v) is 8.63. The summed E-state index contributed by atoms with van der Waals surface area (Å²) in [4.78, 5) is 25.1. The average molecular weight is 496 g/mol. The number of allylic oxidation sites excluding steroid dienone is 1. The van der Waals surface area contributed by atoms with Crippen molar-refractivity contribution in [2.45, 2.75) is 32.1 Å². The number of rotatable bonds is 11. The first-order chi connectivity index (χ1) is 16.9. The maximum Gasteiger partial charge on any atom is 0.251 e. The number of aryl methyl sites for hydroxylation is 2. The molecular formula is C25H29N5O4S. The van der Waals surface area contributed by atoms with Gasteiger partial charge in [0.15, 0.2) is 22.5 Å². The lowest BCUT2D eigenvalue weighted by molar-refractivity contribution is -0.113. The van der Waals surface area contributed by atoms with Crippen LogP contribution in [0.2, 0.25) is 0 Å². The number of carbonyl (C=O) groups is 2. The summed E-state index contributed by atoms with van der Waals surface area (Å²) in [5, 5.41) is 14.7. The second kappa shape index (κ2) is 12.1. The number of carbonyl (C=O) groups excluding carboxylic acids is 2. The van der Waals surface area contributed by atoms with Gasteiger partial charge in [-0.3, -0.25) is 9.59 Å². The van der Waals surface area contributed by atoms with Gasteiger partial charge >= 0.3 is 0 Å². The molecule has 1 heterocycles. The lowest BCUT2D eigenvalue weighted by Gasteiger charge is -2.11. The molecule has 184 valence electrons. The zero-order valence-electron chi connectivity index (χ0n) is 20.3. The molecule has 9 nitrogen and oxygen atoms in total. The minimum absolute atomic E-state index is 0.144. The summed E-state index contributed by atoms with van der Waals surface area (Å²) in [6, 6.07) is 10.7. The van der Waals surface area contributed by atoms with E-state index in [0.29, 0.717) is 34.6 Å². The molecule has 3 aromatic rings. The van der Waals surface area contributed by atoms with Crippen molar-refractivity contribution in [3.05, 3.63) is 71.6 Å². The SMILES string of the molecule is C=CCn1c(CNC(=O)c2ccc(OC)c(OC)c2)nnc1SCC(=O)Nc1ccc(C)c(C)c1. The maximum atomic E-state index is 12.7. The monoisotopic (exact) mass is 495 g/mol. The topological polar surface area (TPSA) is 107 Å². The van der Waals surface area contributed by atoms with E-state index in [1.54, 1.807) is 24.3 Å². The van der Waals surface area contributed by atoms with Crippen molar-refractivity contribution in [3.63, 3.8) is 0 Å². The van der Waals surface area contributed by atoms with E-state index < -0.39 is 0 Å². The number of ether oxygens (including phenoxy) is 2. The van der Waals surface area contributed by atoms with Gasteiger partial charge in [0.05, 0.1) is 26.5 Å². The highest BCUT2D eigenvalue weighted by molar-refractivity contribution is 7.99. The third kappa shape index (κ3) is 6.63. The minimum atomic E-state index is -0.291. The van der Waals surface area contributed by atoms with Gasteiger partial charge < -0.3 is 24.7 Å². The zero-order chi connectivity index (χ0) is 25.4. The molecule has 2 aromatic carbocycles. The van der Waals surface area contributed by atoms with Crippen LogP contribution in [0.4, 0.5) is 5.69 Å². The second-order valence-electron chi connectivity index (χ2n) is 7.69. The molecule has 0 saturated carbocycles. The van der Waals surface area contributed by atoms with Gasteiger partial charge in [0.25, 0.3) is 5.91 Å². The molecule has 0 saturated heterocycles. The van der Waals surface area contributed by atoms with Crippen LogP contribution in [0.3, 0.4) is 0 Å². The van der Waals surface area contributed by atoms with Crippen molar-refractivity contribution >= 4 is 29.3 Å². The molecule has 3 rings (SSSR count). The van der Waals surface area contributed by atoms with Crippen molar-refractivity contribution in [1.29, 1.82) is 0 Å². The number of hydrogen-bond acceptors (Lipinski definition) is 7. The Hall–Kier alpha value is -3.79. The van der Waals surface area contributed by atoms with Crippen molar-refractivity contribution in [2.24, 2.45) is 0 Å². The Morgan fingerprint density at radius 3 is 2.51 bits per heavy atom. The summed E-state index contributed by atoms with van der Waals surface area (Å²) >= 11 is 1.27. The lowest BCUT2D eigenvalue weighted by Crippen LogP contribution is -2.25. The summed E-state index contributed by atoms with van der Waals surface area (Å²) in [5.41, 5.74) is 3.46. The number of hydrogen-bond donors (Lipinski definition) is 2. The van der Waals surface area contributed by atoms with E-state index in [0.717, 1.165) is 11.3 Å². The Balaban J connectivity index is 1.62. The predicted molar refractivity (Wildman–Crippen MR) is 136 cm³/mol. The van der Waals surface area contributed by atoms with Gasteiger partial charge in [-0.05, 0) is 55.3 Å². The van der Waals surface area contributed by atoms with E-state index in [1.165, 1.54) is 31.5 Å². The number of aromatic nitrogens is 3. The Labute approximate surface area is 208 Å². The van der Waals surface area contributed by atoms with E-state index in [2.05, 4.69) is 27.4 Å². The van der Waals surface area contributed by atoms with Crippen LogP contribution in [0.25, 0.3) is 0 Å². The predicted octanol–water partition coefficient (Wildman–Crippen LogP) is 3.76. The van der Waals surface area contributed by atoms with Gasteiger partial charge in [-0.2, -0.15) is 0 Å². The van der Waals surface area contributed by atoms with Crippen LogP contribution in [-0.4, -0.2) is 46.6 Å². The average Bonchev–Trinajstić information content (AvgIpc) is 3.24. The van der Waals surface area contributed by atoms with E-state index in [9.17, 15) is 9.59 Å². The molecule has 0 radical (unpaired) electrons. The van der Waals surface area contributed by atoms with Crippen LogP contribution in [0.15, 0.2) is 54.2 Å². The zero-order valence-corrected chi connectivity index (χ0v) is 21.1. The third-order valence-corrected chi connectivity index (χ3v) is 6.25. The first-order valence-corrected chi connectivity index (χ1v) is 11.9. The van der Waals surface area contributed by atoms with Crippen molar-refractivity contribution in [1.82, 2.24) is 20.1 Å². The number of benzene rings is 2. The highest BCUT2D eigenvalue weighted by Crippen LogP contribution is 2.27. The first kappa shape index (κ1) is 25.8. The summed E-state index contributed by atoms with van der Waals surface area (Å²) in [6.45, 7) is 8.41. The fraction of sp³-hybridized carbons (Fsp3) is 0.280. The van der Waals surface area contributed by atoms with Crippen molar-refractivity contribution < 1.29 is 19.1 Å². The molecule has 0 aliphatic heterocycles. The lowest BCUT2D eigenvalue weighted by atomic mass is 10.1. The molecule has 1 aromatic heterocycles. The first-order valence-electron chi connectivity index (χ1n) is 10.9. The number of thioether (sulfide) groups is 1. The van der Waals surface area contributed by atoms with Crippen LogP contribution in [0, 0.1) is 13.8 Å². The number of amides is 2. The highest BCUT2D eigenvalue weighted by atomic mass is 32.2. The fourth-order valence-corrected chi connectivity index (χ4v) is 4.02. The number of nitrogens with zero attached hydrogens (tertiary/aromatic N) is 3. The van der Waals surface area contributed by atoms with Crippen LogP contribution in [0.5, 0.6) is 11.5 Å². The molecule has 0 atom stereocenters. The number of anilines is 1. The molecule has 10 heteroatoms. The van der Waals surface area contributed by atoms with Crippen molar-refractivity contribution in [2.75, 3.05) is 25.3 Å². The maximum absolute atomic E-state index is 12.7. The summed E-state index contributed by atoms with van der Waals surface area (Å²) in [7, 11) is 3.05. The minimum Gasteiger partial charge on any atom is -0.493 e. The Morgan fingerprint density at radius 2 is 1.83 bits per heavy atom. The van der Waals surface area contributed by atoms with Crippen LogP contribution in [-0.2, 0) is 17.9 Å². The van der Waals surface area contributed by atoms with Crippen LogP contribution >= 0.6 is 11.8 Å².